The molecule has 2 heterocycles. The molecule has 0 saturated carbocycles. The van der Waals surface area contributed by atoms with Gasteiger partial charge in [-0.1, -0.05) is 32.9 Å². The average molecular weight is 355 g/mol. The molecule has 1 fully saturated rings. The maximum atomic E-state index is 12.6. The first-order chi connectivity index (χ1) is 10.4. The van der Waals surface area contributed by atoms with Crippen molar-refractivity contribution in [1.29, 1.82) is 0 Å². The van der Waals surface area contributed by atoms with Crippen LogP contribution in [0.5, 0.6) is 0 Å². The number of hydrogen-bond donors (Lipinski definition) is 1. The quantitative estimate of drug-likeness (QED) is 0.883. The molecule has 1 atom stereocenters. The summed E-state index contributed by atoms with van der Waals surface area (Å²) in [5, 5.41) is 3.46. The number of rotatable bonds is 2. The molecule has 2 aliphatic rings. The minimum Gasteiger partial charge on any atom is -0.312 e. The van der Waals surface area contributed by atoms with Crippen molar-refractivity contribution in [3.63, 3.8) is 0 Å². The highest BCUT2D eigenvalue weighted by Gasteiger charge is 2.28. The predicted octanol–water partition coefficient (Wildman–Crippen LogP) is 3.39. The van der Waals surface area contributed by atoms with Crippen LogP contribution in [0.2, 0.25) is 0 Å². The van der Waals surface area contributed by atoms with E-state index in [0.29, 0.717) is 12.5 Å². The Kier molecular flexibility index (Phi) is 6.04. The van der Waals surface area contributed by atoms with E-state index in [0.717, 1.165) is 36.7 Å². The molecular formula is C18H27ClN2OS. The summed E-state index contributed by atoms with van der Waals surface area (Å²) in [7, 11) is 0. The fraction of sp³-hybridized carbons (Fsp3) is 0.611. The Labute approximate surface area is 150 Å². The summed E-state index contributed by atoms with van der Waals surface area (Å²) >= 11 is 1.94. The van der Waals surface area contributed by atoms with Crippen LogP contribution in [0.15, 0.2) is 18.2 Å². The van der Waals surface area contributed by atoms with Crippen LogP contribution in [0.3, 0.4) is 0 Å². The SMILES string of the molecule is CC(C)(C)c1ccc2c(c1)CCN2C(=O)CC1CSCCN1.Cl. The number of thioether (sulfide) groups is 1. The first-order valence-corrected chi connectivity index (χ1v) is 9.35. The van der Waals surface area contributed by atoms with Gasteiger partial charge in [-0.15, -0.1) is 12.4 Å². The lowest BCUT2D eigenvalue weighted by Crippen LogP contribution is -2.42. The van der Waals surface area contributed by atoms with Crippen molar-refractivity contribution in [3.05, 3.63) is 29.3 Å². The van der Waals surface area contributed by atoms with Crippen LogP contribution in [-0.2, 0) is 16.6 Å². The molecule has 3 nitrogen and oxygen atoms in total. The molecule has 0 aliphatic carbocycles. The largest absolute Gasteiger partial charge is 0.312 e. The summed E-state index contributed by atoms with van der Waals surface area (Å²) in [6.45, 7) is 8.56. The zero-order valence-electron chi connectivity index (χ0n) is 14.2. The number of halogens is 1. The number of anilines is 1. The van der Waals surface area contributed by atoms with E-state index in [9.17, 15) is 4.79 Å². The molecule has 1 unspecified atom stereocenters. The Balaban J connectivity index is 0.00000192. The van der Waals surface area contributed by atoms with Gasteiger partial charge in [-0.2, -0.15) is 11.8 Å². The van der Waals surface area contributed by atoms with Crippen molar-refractivity contribution in [2.24, 2.45) is 0 Å². The topological polar surface area (TPSA) is 32.3 Å². The Morgan fingerprint density at radius 1 is 1.39 bits per heavy atom. The van der Waals surface area contributed by atoms with Gasteiger partial charge in [0.25, 0.3) is 0 Å². The van der Waals surface area contributed by atoms with Gasteiger partial charge in [-0.05, 0) is 29.0 Å². The second-order valence-electron chi connectivity index (χ2n) is 7.32. The van der Waals surface area contributed by atoms with Crippen molar-refractivity contribution in [1.82, 2.24) is 5.32 Å². The second kappa shape index (κ2) is 7.45. The number of amides is 1. The zero-order valence-corrected chi connectivity index (χ0v) is 15.9. The van der Waals surface area contributed by atoms with E-state index in [-0.39, 0.29) is 23.7 Å². The van der Waals surface area contributed by atoms with Gasteiger partial charge in [-0.3, -0.25) is 4.79 Å². The summed E-state index contributed by atoms with van der Waals surface area (Å²) in [6, 6.07) is 6.95. The van der Waals surface area contributed by atoms with Crippen molar-refractivity contribution in [2.45, 2.75) is 45.1 Å². The second-order valence-corrected chi connectivity index (χ2v) is 8.47. The number of carbonyl (C=O) groups is 1. The molecule has 5 heteroatoms. The highest BCUT2D eigenvalue weighted by atomic mass is 35.5. The molecule has 1 aromatic carbocycles. The monoisotopic (exact) mass is 354 g/mol. The van der Waals surface area contributed by atoms with Crippen molar-refractivity contribution < 1.29 is 4.79 Å². The van der Waals surface area contributed by atoms with Gasteiger partial charge in [0.05, 0.1) is 0 Å². The number of carbonyl (C=O) groups excluding carboxylic acids is 1. The van der Waals surface area contributed by atoms with Gasteiger partial charge in [-0.25, -0.2) is 0 Å². The molecule has 0 spiro atoms. The maximum absolute atomic E-state index is 12.6. The summed E-state index contributed by atoms with van der Waals surface area (Å²) in [5.74, 6) is 2.48. The Bertz CT molecular complexity index is 565. The van der Waals surface area contributed by atoms with Gasteiger partial charge in [0.2, 0.25) is 5.91 Å². The fourth-order valence-corrected chi connectivity index (χ4v) is 4.15. The molecule has 0 bridgehead atoms. The molecule has 2 aliphatic heterocycles. The standard InChI is InChI=1S/C18H26N2OS.ClH/c1-18(2,3)14-4-5-16-13(10-14)6-8-20(16)17(21)11-15-12-22-9-7-19-15;/h4-5,10,15,19H,6-9,11-12H2,1-3H3;1H. The van der Waals surface area contributed by atoms with Crippen molar-refractivity contribution >= 4 is 35.8 Å². The minimum atomic E-state index is 0. The van der Waals surface area contributed by atoms with E-state index in [1.165, 1.54) is 11.1 Å². The lowest BCUT2D eigenvalue weighted by Gasteiger charge is -2.26. The molecule has 1 saturated heterocycles. The van der Waals surface area contributed by atoms with Gasteiger partial charge < -0.3 is 10.2 Å². The number of nitrogens with one attached hydrogen (secondary N) is 1. The summed E-state index contributed by atoms with van der Waals surface area (Å²) in [4.78, 5) is 14.6. The van der Waals surface area contributed by atoms with E-state index < -0.39 is 0 Å². The van der Waals surface area contributed by atoms with Crippen molar-refractivity contribution in [3.8, 4) is 0 Å². The lowest BCUT2D eigenvalue weighted by molar-refractivity contribution is -0.118. The first kappa shape index (κ1) is 18.6. The summed E-state index contributed by atoms with van der Waals surface area (Å²) in [5.41, 5.74) is 3.97. The minimum absolute atomic E-state index is 0. The van der Waals surface area contributed by atoms with Crippen LogP contribution in [0.1, 0.15) is 38.3 Å². The van der Waals surface area contributed by atoms with Crippen LogP contribution in [0.4, 0.5) is 5.69 Å². The molecular weight excluding hydrogens is 328 g/mol. The van der Waals surface area contributed by atoms with Gasteiger partial charge in [0, 0.05) is 42.7 Å². The van der Waals surface area contributed by atoms with E-state index >= 15 is 0 Å². The summed E-state index contributed by atoms with van der Waals surface area (Å²) < 4.78 is 0. The highest BCUT2D eigenvalue weighted by Crippen LogP contribution is 2.33. The molecule has 1 amide bonds. The lowest BCUT2D eigenvalue weighted by atomic mass is 9.86. The smallest absolute Gasteiger partial charge is 0.228 e. The molecule has 0 aromatic heterocycles. The molecule has 0 radical (unpaired) electrons. The number of benzene rings is 1. The third kappa shape index (κ3) is 4.23. The molecule has 1 N–H and O–H groups in total. The van der Waals surface area contributed by atoms with Gasteiger partial charge in [0.15, 0.2) is 0 Å². The summed E-state index contributed by atoms with van der Waals surface area (Å²) in [6.07, 6.45) is 1.60. The van der Waals surface area contributed by atoms with Crippen LogP contribution in [-0.4, -0.2) is 36.5 Å². The zero-order chi connectivity index (χ0) is 15.7. The van der Waals surface area contributed by atoms with Gasteiger partial charge in [0.1, 0.15) is 0 Å². The Hall–Kier alpha value is -0.710. The van der Waals surface area contributed by atoms with E-state index in [1.54, 1.807) is 0 Å². The number of nitrogens with zero attached hydrogens (tertiary/aromatic N) is 1. The normalized spacial score (nSPS) is 20.8. The van der Waals surface area contributed by atoms with E-state index in [4.69, 9.17) is 0 Å². The molecule has 128 valence electrons. The highest BCUT2D eigenvalue weighted by molar-refractivity contribution is 7.99. The van der Waals surface area contributed by atoms with E-state index in [1.807, 2.05) is 16.7 Å². The first-order valence-electron chi connectivity index (χ1n) is 8.20. The number of hydrogen-bond acceptors (Lipinski definition) is 3. The molecule has 1 aromatic rings. The van der Waals surface area contributed by atoms with Crippen LogP contribution >= 0.6 is 24.2 Å². The Morgan fingerprint density at radius 3 is 2.83 bits per heavy atom. The number of fused-ring (bicyclic) bond motifs is 1. The fourth-order valence-electron chi connectivity index (χ4n) is 3.20. The van der Waals surface area contributed by atoms with Crippen LogP contribution in [0.25, 0.3) is 0 Å². The Morgan fingerprint density at radius 2 is 2.17 bits per heavy atom. The van der Waals surface area contributed by atoms with Crippen LogP contribution < -0.4 is 10.2 Å². The van der Waals surface area contributed by atoms with E-state index in [2.05, 4.69) is 44.3 Å². The van der Waals surface area contributed by atoms with Crippen LogP contribution in [0, 0.1) is 0 Å². The average Bonchev–Trinajstić information content (AvgIpc) is 2.90. The third-order valence-electron chi connectivity index (χ3n) is 4.56. The maximum Gasteiger partial charge on any atom is 0.228 e. The third-order valence-corrected chi connectivity index (χ3v) is 5.69. The molecule has 23 heavy (non-hydrogen) atoms. The van der Waals surface area contributed by atoms with Gasteiger partial charge >= 0.3 is 0 Å². The predicted molar refractivity (Wildman–Crippen MR) is 102 cm³/mol. The van der Waals surface area contributed by atoms with Crippen molar-refractivity contribution in [2.75, 3.05) is 29.5 Å². The molecule has 3 rings (SSSR count).